The van der Waals surface area contributed by atoms with Gasteiger partial charge in [-0.2, -0.15) is 0 Å². The van der Waals surface area contributed by atoms with Gasteiger partial charge >= 0.3 is 0 Å². The zero-order valence-corrected chi connectivity index (χ0v) is 9.33. The molecule has 0 fully saturated rings. The molecule has 0 aliphatic heterocycles. The van der Waals surface area contributed by atoms with Crippen LogP contribution in [-0.4, -0.2) is 17.5 Å². The lowest BCUT2D eigenvalue weighted by atomic mass is 9.72. The molecule has 1 N–H and O–H groups in total. The van der Waals surface area contributed by atoms with Gasteiger partial charge in [0.1, 0.15) is 6.73 Å². The molecule has 15 heavy (non-hydrogen) atoms. The van der Waals surface area contributed by atoms with Crippen LogP contribution in [0.4, 0.5) is 0 Å². The van der Waals surface area contributed by atoms with Crippen molar-refractivity contribution in [1.82, 2.24) is 0 Å². The molecule has 2 heteroatoms. The lowest BCUT2D eigenvalue weighted by Crippen LogP contribution is -2.27. The highest BCUT2D eigenvalue weighted by Gasteiger charge is 2.29. The summed E-state index contributed by atoms with van der Waals surface area (Å²) in [6.45, 7) is 4.42. The second-order valence-corrected chi connectivity index (χ2v) is 4.68. The fourth-order valence-electron chi connectivity index (χ4n) is 2.27. The smallest absolute Gasteiger partial charge is 0.134 e. The largest absolute Gasteiger partial charge is 0.375 e. The number of hydrogen-bond donors (Lipinski definition) is 1. The predicted molar refractivity (Wildman–Crippen MR) is 62.3 cm³/mol. The number of aliphatic hydroxyl groups is 1. The highest BCUT2D eigenvalue weighted by atomic mass is 16.3. The SMILES string of the molecule is CC1(C)CCC(=NCO)c2ccccc21. The van der Waals surface area contributed by atoms with E-state index in [1.807, 2.05) is 6.07 Å². The van der Waals surface area contributed by atoms with Gasteiger partial charge in [0.25, 0.3) is 0 Å². The Morgan fingerprint density at radius 3 is 2.80 bits per heavy atom. The van der Waals surface area contributed by atoms with Gasteiger partial charge in [-0.25, -0.2) is 0 Å². The van der Waals surface area contributed by atoms with Crippen LogP contribution >= 0.6 is 0 Å². The quantitative estimate of drug-likeness (QED) is 0.747. The molecule has 0 radical (unpaired) electrons. The van der Waals surface area contributed by atoms with Crippen molar-refractivity contribution in [2.45, 2.75) is 32.1 Å². The summed E-state index contributed by atoms with van der Waals surface area (Å²) in [7, 11) is 0. The number of hydrogen-bond acceptors (Lipinski definition) is 2. The lowest BCUT2D eigenvalue weighted by Gasteiger charge is -2.33. The molecule has 0 heterocycles. The van der Waals surface area contributed by atoms with Gasteiger partial charge in [0, 0.05) is 5.71 Å². The number of rotatable bonds is 1. The molecule has 0 saturated carbocycles. The molecule has 1 aliphatic carbocycles. The number of benzene rings is 1. The Labute approximate surface area is 90.7 Å². The topological polar surface area (TPSA) is 32.6 Å². The van der Waals surface area contributed by atoms with E-state index in [4.69, 9.17) is 5.11 Å². The van der Waals surface area contributed by atoms with Gasteiger partial charge in [-0.3, -0.25) is 4.99 Å². The van der Waals surface area contributed by atoms with Crippen LogP contribution in [-0.2, 0) is 5.41 Å². The fraction of sp³-hybridized carbons (Fsp3) is 0.462. The molecule has 0 spiro atoms. The first-order chi connectivity index (χ1) is 7.15. The molecule has 1 aliphatic rings. The Balaban J connectivity index is 2.54. The van der Waals surface area contributed by atoms with Crippen molar-refractivity contribution in [2.75, 3.05) is 6.73 Å². The van der Waals surface area contributed by atoms with Crippen LogP contribution in [0.15, 0.2) is 29.3 Å². The number of nitrogens with zero attached hydrogens (tertiary/aromatic N) is 1. The summed E-state index contributed by atoms with van der Waals surface area (Å²) in [4.78, 5) is 4.16. The number of aliphatic imine (C=N–C) groups is 1. The third-order valence-corrected chi connectivity index (χ3v) is 3.22. The molecule has 1 aromatic carbocycles. The van der Waals surface area contributed by atoms with Gasteiger partial charge in [-0.15, -0.1) is 0 Å². The zero-order chi connectivity index (χ0) is 10.9. The molecule has 2 nitrogen and oxygen atoms in total. The summed E-state index contributed by atoms with van der Waals surface area (Å²) in [6, 6.07) is 8.38. The van der Waals surface area contributed by atoms with Crippen molar-refractivity contribution in [1.29, 1.82) is 0 Å². The lowest BCUT2D eigenvalue weighted by molar-refractivity contribution is 0.308. The molecule has 0 bridgehead atoms. The van der Waals surface area contributed by atoms with Crippen LogP contribution in [0.3, 0.4) is 0 Å². The molecule has 0 aromatic heterocycles. The summed E-state index contributed by atoms with van der Waals surface area (Å²) < 4.78 is 0. The highest BCUT2D eigenvalue weighted by molar-refractivity contribution is 6.03. The van der Waals surface area contributed by atoms with Gasteiger partial charge in [-0.1, -0.05) is 38.1 Å². The first-order valence-corrected chi connectivity index (χ1v) is 5.39. The maximum absolute atomic E-state index is 8.89. The van der Waals surface area contributed by atoms with E-state index in [-0.39, 0.29) is 12.1 Å². The van der Waals surface area contributed by atoms with Crippen LogP contribution in [0, 0.1) is 0 Å². The van der Waals surface area contributed by atoms with E-state index in [9.17, 15) is 0 Å². The maximum Gasteiger partial charge on any atom is 0.134 e. The highest BCUT2D eigenvalue weighted by Crippen LogP contribution is 2.36. The van der Waals surface area contributed by atoms with Crippen molar-refractivity contribution in [2.24, 2.45) is 4.99 Å². The number of fused-ring (bicyclic) bond motifs is 1. The summed E-state index contributed by atoms with van der Waals surface area (Å²) in [5, 5.41) is 8.89. The minimum Gasteiger partial charge on any atom is -0.375 e. The molecular weight excluding hydrogens is 186 g/mol. The summed E-state index contributed by atoms with van der Waals surface area (Å²) >= 11 is 0. The van der Waals surface area contributed by atoms with Crippen LogP contribution in [0.5, 0.6) is 0 Å². The van der Waals surface area contributed by atoms with Gasteiger partial charge in [0.2, 0.25) is 0 Å². The van der Waals surface area contributed by atoms with Crippen LogP contribution in [0.1, 0.15) is 37.8 Å². The number of aliphatic hydroxyl groups excluding tert-OH is 1. The first kappa shape index (κ1) is 10.4. The summed E-state index contributed by atoms with van der Waals surface area (Å²) in [6.07, 6.45) is 2.06. The van der Waals surface area contributed by atoms with E-state index in [1.165, 1.54) is 11.1 Å². The van der Waals surface area contributed by atoms with Crippen molar-refractivity contribution in [3.05, 3.63) is 35.4 Å². The Bertz CT molecular complexity index is 393. The fourth-order valence-corrected chi connectivity index (χ4v) is 2.27. The van der Waals surface area contributed by atoms with E-state index >= 15 is 0 Å². The molecule has 0 unspecified atom stereocenters. The first-order valence-electron chi connectivity index (χ1n) is 5.39. The van der Waals surface area contributed by atoms with Crippen molar-refractivity contribution in [3.63, 3.8) is 0 Å². The van der Waals surface area contributed by atoms with E-state index < -0.39 is 0 Å². The van der Waals surface area contributed by atoms with Gasteiger partial charge in [-0.05, 0) is 29.4 Å². The van der Waals surface area contributed by atoms with Crippen LogP contribution in [0.2, 0.25) is 0 Å². The maximum atomic E-state index is 8.89. The summed E-state index contributed by atoms with van der Waals surface area (Å²) in [5.41, 5.74) is 3.84. The second kappa shape index (κ2) is 3.78. The Morgan fingerprint density at radius 2 is 2.07 bits per heavy atom. The minimum absolute atomic E-state index is 0.107. The monoisotopic (exact) mass is 203 g/mol. The summed E-state index contributed by atoms with van der Waals surface area (Å²) in [5.74, 6) is 0. The molecule has 0 atom stereocenters. The van der Waals surface area contributed by atoms with Gasteiger partial charge in [0.05, 0.1) is 0 Å². The molecule has 0 saturated heterocycles. The average molecular weight is 203 g/mol. The predicted octanol–water partition coefficient (Wildman–Crippen LogP) is 2.50. The molecule has 2 rings (SSSR count). The minimum atomic E-state index is -0.107. The van der Waals surface area contributed by atoms with E-state index in [0.29, 0.717) is 0 Å². The Morgan fingerprint density at radius 1 is 1.33 bits per heavy atom. The molecule has 80 valence electrons. The Hall–Kier alpha value is -1.15. The molecule has 1 aromatic rings. The Kier molecular flexibility index (Phi) is 2.61. The normalized spacial score (nSPS) is 21.4. The third kappa shape index (κ3) is 1.82. The van der Waals surface area contributed by atoms with Crippen LogP contribution in [0.25, 0.3) is 0 Å². The van der Waals surface area contributed by atoms with E-state index in [0.717, 1.165) is 18.6 Å². The second-order valence-electron chi connectivity index (χ2n) is 4.68. The van der Waals surface area contributed by atoms with Crippen molar-refractivity contribution in [3.8, 4) is 0 Å². The van der Waals surface area contributed by atoms with Crippen molar-refractivity contribution >= 4 is 5.71 Å². The van der Waals surface area contributed by atoms with Gasteiger partial charge < -0.3 is 5.11 Å². The van der Waals surface area contributed by atoms with Gasteiger partial charge in [0.15, 0.2) is 0 Å². The third-order valence-electron chi connectivity index (χ3n) is 3.22. The van der Waals surface area contributed by atoms with Crippen molar-refractivity contribution < 1.29 is 5.11 Å². The average Bonchev–Trinajstić information content (AvgIpc) is 2.23. The standard InChI is InChI=1S/C13H17NO/c1-13(2)8-7-12(14-9-15)10-5-3-4-6-11(10)13/h3-6,15H,7-9H2,1-2H3. The van der Waals surface area contributed by atoms with Crippen LogP contribution < -0.4 is 0 Å². The van der Waals surface area contributed by atoms with E-state index in [1.54, 1.807) is 0 Å². The van der Waals surface area contributed by atoms with E-state index in [2.05, 4.69) is 37.0 Å². The zero-order valence-electron chi connectivity index (χ0n) is 9.33. The molecular formula is C13H17NO. The molecule has 0 amide bonds.